The summed E-state index contributed by atoms with van der Waals surface area (Å²) in [7, 11) is -3.52. The zero-order chi connectivity index (χ0) is 23.2. The van der Waals surface area contributed by atoms with Crippen LogP contribution in [0.5, 0.6) is 11.5 Å². The molecule has 0 bridgehead atoms. The number of nitrogens with zero attached hydrogens (tertiary/aromatic N) is 2. The number of aromatic hydroxyl groups is 2. The van der Waals surface area contributed by atoms with Gasteiger partial charge in [0.1, 0.15) is 10.4 Å². The lowest BCUT2D eigenvalue weighted by atomic mass is 9.89. The first-order valence-corrected chi connectivity index (χ1v) is 10.4. The van der Waals surface area contributed by atoms with E-state index in [0.29, 0.717) is 0 Å². The summed E-state index contributed by atoms with van der Waals surface area (Å²) >= 11 is 5.87. The number of carbonyl (C=O) groups is 3. The van der Waals surface area contributed by atoms with Gasteiger partial charge in [-0.2, -0.15) is 0 Å². The molecule has 1 aromatic carbocycles. The fraction of sp³-hybridized carbons (Fsp3) is 0.333. The van der Waals surface area contributed by atoms with Gasteiger partial charge in [-0.05, 0) is 26.0 Å². The predicted molar refractivity (Wildman–Crippen MR) is 105 cm³/mol. The number of halogens is 1. The minimum absolute atomic E-state index is 0.0703. The minimum Gasteiger partial charge on any atom is -0.504 e. The SMILES string of the molecule is C[C@@H]1CC(=O)N1[C@@H](C(=O)O)[C@](C)(c1cc(C(=O)c2ccc(O)c(O)c2Cl)on1)[SH](=O)=O. The molecule has 1 saturated heterocycles. The molecule has 3 rings (SSSR count). The predicted octanol–water partition coefficient (Wildman–Crippen LogP) is 0.871. The van der Waals surface area contributed by atoms with E-state index < -0.39 is 73.2 Å². The number of carbonyl (C=O) groups excluding carboxylic acids is 2. The van der Waals surface area contributed by atoms with Crippen molar-refractivity contribution in [2.24, 2.45) is 0 Å². The van der Waals surface area contributed by atoms with Crippen molar-refractivity contribution in [1.29, 1.82) is 0 Å². The average Bonchev–Trinajstić information content (AvgIpc) is 3.19. The van der Waals surface area contributed by atoms with E-state index in [4.69, 9.17) is 16.1 Å². The third-order valence-corrected chi connectivity index (χ3v) is 6.86. The molecular weight excluding hydrogens is 456 g/mol. The van der Waals surface area contributed by atoms with Gasteiger partial charge < -0.3 is 24.7 Å². The summed E-state index contributed by atoms with van der Waals surface area (Å²) in [5.41, 5.74) is -0.667. The topological polar surface area (TPSA) is 175 Å². The van der Waals surface area contributed by atoms with Gasteiger partial charge in [0.2, 0.25) is 17.5 Å². The Balaban J connectivity index is 2.07. The fourth-order valence-electron chi connectivity index (χ4n) is 3.44. The van der Waals surface area contributed by atoms with Crippen LogP contribution in [0.15, 0.2) is 22.7 Å². The number of aromatic nitrogens is 1. The molecule has 2 heterocycles. The number of phenolic OH excluding ortho intramolecular Hbond substituents is 2. The number of benzene rings is 1. The summed E-state index contributed by atoms with van der Waals surface area (Å²) in [5, 5.41) is 32.0. The molecule has 31 heavy (non-hydrogen) atoms. The highest BCUT2D eigenvalue weighted by atomic mass is 35.5. The zero-order valence-electron chi connectivity index (χ0n) is 16.1. The number of likely N-dealkylation sites (tertiary alicyclic amines) is 1. The van der Waals surface area contributed by atoms with Crippen LogP contribution in [0.3, 0.4) is 0 Å². The number of hydrogen-bond donors (Lipinski definition) is 4. The molecule has 0 radical (unpaired) electrons. The first-order chi connectivity index (χ1) is 14.4. The average molecular weight is 473 g/mol. The number of ketones is 1. The number of carboxylic acids is 1. The fourth-order valence-corrected chi connectivity index (χ4v) is 4.41. The van der Waals surface area contributed by atoms with E-state index in [1.54, 1.807) is 6.92 Å². The van der Waals surface area contributed by atoms with E-state index in [0.717, 1.165) is 30.0 Å². The first kappa shape index (κ1) is 22.6. The number of aliphatic carboxylic acids is 1. The van der Waals surface area contributed by atoms with Crippen LogP contribution in [0.1, 0.15) is 42.1 Å². The Morgan fingerprint density at radius 1 is 1.35 bits per heavy atom. The summed E-state index contributed by atoms with van der Waals surface area (Å²) < 4.78 is 27.1. The van der Waals surface area contributed by atoms with Gasteiger partial charge >= 0.3 is 5.97 Å². The van der Waals surface area contributed by atoms with Gasteiger partial charge in [-0.25, -0.2) is 13.2 Å². The van der Waals surface area contributed by atoms with E-state index in [1.807, 2.05) is 0 Å². The van der Waals surface area contributed by atoms with Crippen LogP contribution >= 0.6 is 11.6 Å². The zero-order valence-corrected chi connectivity index (χ0v) is 17.8. The Morgan fingerprint density at radius 3 is 2.52 bits per heavy atom. The standard InChI is InChI=1S/C18H17ClN2O9S/c1-7-5-12(23)21(7)16(17(26)27)18(2,31(28)29)11-6-10(30-20-11)14(24)8-3-4-9(22)15(25)13(8)19/h3-4,6-7,16,22,25,31H,5H2,1-2H3,(H,26,27)/t7-,16+,18+/m1/s1. The summed E-state index contributed by atoms with van der Waals surface area (Å²) in [4.78, 5) is 37.6. The van der Waals surface area contributed by atoms with Crippen molar-refractivity contribution >= 4 is 40.0 Å². The van der Waals surface area contributed by atoms with Crippen LogP contribution in [0.2, 0.25) is 5.02 Å². The summed E-state index contributed by atoms with van der Waals surface area (Å²) in [6.07, 6.45) is 0.0703. The van der Waals surface area contributed by atoms with Gasteiger partial charge in [0.05, 0.1) is 5.02 Å². The Bertz CT molecular complexity index is 1170. The maximum absolute atomic E-state index is 12.7. The van der Waals surface area contributed by atoms with E-state index in [2.05, 4.69) is 5.16 Å². The van der Waals surface area contributed by atoms with E-state index in [-0.39, 0.29) is 12.0 Å². The van der Waals surface area contributed by atoms with Gasteiger partial charge in [-0.1, -0.05) is 16.8 Å². The van der Waals surface area contributed by atoms with Crippen molar-refractivity contribution in [2.75, 3.05) is 0 Å². The Morgan fingerprint density at radius 2 is 2.00 bits per heavy atom. The molecule has 0 aliphatic carbocycles. The van der Waals surface area contributed by atoms with Crippen LogP contribution in [-0.4, -0.2) is 63.5 Å². The van der Waals surface area contributed by atoms with Gasteiger partial charge in [0, 0.05) is 24.1 Å². The third kappa shape index (κ3) is 3.51. The van der Waals surface area contributed by atoms with Crippen LogP contribution in [-0.2, 0) is 25.0 Å². The summed E-state index contributed by atoms with van der Waals surface area (Å²) in [6, 6.07) is 0.754. The van der Waals surface area contributed by atoms with Crippen LogP contribution in [0.25, 0.3) is 0 Å². The van der Waals surface area contributed by atoms with Gasteiger partial charge in [-0.15, -0.1) is 0 Å². The molecule has 1 fully saturated rings. The minimum atomic E-state index is -3.52. The highest BCUT2D eigenvalue weighted by Crippen LogP contribution is 2.39. The van der Waals surface area contributed by atoms with Gasteiger partial charge in [-0.3, -0.25) is 9.59 Å². The summed E-state index contributed by atoms with van der Waals surface area (Å²) in [6.45, 7) is 2.65. The number of phenols is 2. The highest BCUT2D eigenvalue weighted by Gasteiger charge is 2.55. The Kier molecular flexibility index (Phi) is 5.72. The molecule has 1 aliphatic heterocycles. The molecule has 1 aromatic heterocycles. The molecule has 13 heteroatoms. The number of β-lactam (4-membered cyclic amide) rings is 1. The number of rotatable bonds is 7. The molecular formula is C18H17ClN2O9S. The smallest absolute Gasteiger partial charge is 0.328 e. The van der Waals surface area contributed by atoms with E-state index in [1.165, 1.54) is 0 Å². The van der Waals surface area contributed by atoms with E-state index in [9.17, 15) is 38.1 Å². The van der Waals surface area contributed by atoms with Crippen molar-refractivity contribution in [1.82, 2.24) is 10.1 Å². The van der Waals surface area contributed by atoms with Crippen molar-refractivity contribution in [3.63, 3.8) is 0 Å². The van der Waals surface area contributed by atoms with Crippen molar-refractivity contribution in [3.8, 4) is 11.5 Å². The number of amides is 1. The van der Waals surface area contributed by atoms with Crippen molar-refractivity contribution < 1.29 is 42.6 Å². The molecule has 166 valence electrons. The molecule has 3 N–H and O–H groups in total. The Hall–Kier alpha value is -3.12. The number of carboxylic acid groups (broad SMARTS) is 1. The largest absolute Gasteiger partial charge is 0.504 e. The monoisotopic (exact) mass is 472 g/mol. The second-order valence-corrected chi connectivity index (χ2v) is 9.02. The summed E-state index contributed by atoms with van der Waals surface area (Å²) in [5.74, 6) is -4.79. The maximum atomic E-state index is 12.7. The highest BCUT2D eigenvalue weighted by molar-refractivity contribution is 7.73. The first-order valence-electron chi connectivity index (χ1n) is 8.82. The molecule has 1 amide bonds. The molecule has 11 nitrogen and oxygen atoms in total. The lowest BCUT2D eigenvalue weighted by molar-refractivity contribution is -0.163. The van der Waals surface area contributed by atoms with Gasteiger partial charge in [0.15, 0.2) is 28.2 Å². The third-order valence-electron chi connectivity index (χ3n) is 5.25. The normalized spacial score (nSPS) is 19.0. The molecule has 2 aromatic rings. The lowest BCUT2D eigenvalue weighted by Crippen LogP contribution is -2.65. The van der Waals surface area contributed by atoms with Crippen molar-refractivity contribution in [3.05, 3.63) is 40.2 Å². The molecule has 0 unspecified atom stereocenters. The Labute approximate surface area is 181 Å². The second kappa shape index (κ2) is 7.85. The van der Waals surface area contributed by atoms with Crippen LogP contribution < -0.4 is 0 Å². The molecule has 1 aliphatic rings. The van der Waals surface area contributed by atoms with Crippen molar-refractivity contribution in [2.45, 2.75) is 37.1 Å². The number of hydrogen-bond acceptors (Lipinski definition) is 9. The molecule has 0 spiro atoms. The van der Waals surface area contributed by atoms with E-state index >= 15 is 0 Å². The second-order valence-electron chi connectivity index (χ2n) is 7.20. The van der Waals surface area contributed by atoms with Crippen LogP contribution in [0.4, 0.5) is 0 Å². The molecule has 3 atom stereocenters. The quantitative estimate of drug-likeness (QED) is 0.196. The van der Waals surface area contributed by atoms with Gasteiger partial charge in [0.25, 0.3) is 0 Å². The van der Waals surface area contributed by atoms with Crippen LogP contribution in [0, 0.1) is 0 Å². The molecule has 0 saturated carbocycles. The lowest BCUT2D eigenvalue weighted by Gasteiger charge is -2.46. The maximum Gasteiger partial charge on any atom is 0.328 e. The number of thiol groups is 1.